The van der Waals surface area contributed by atoms with E-state index in [9.17, 15) is 29.9 Å². The van der Waals surface area contributed by atoms with Crippen LogP contribution in [-0.4, -0.2) is 45.4 Å². The maximum absolute atomic E-state index is 12.7. The highest BCUT2D eigenvalue weighted by molar-refractivity contribution is 5.89. The summed E-state index contributed by atoms with van der Waals surface area (Å²) < 4.78 is 0. The molecule has 1 unspecified atom stereocenters. The number of carbonyl (C=O) groups is 2. The quantitative estimate of drug-likeness (QED) is 0.419. The Morgan fingerprint density at radius 3 is 2.46 bits per heavy atom. The molecule has 0 spiro atoms. The molecule has 0 aliphatic heterocycles. The van der Waals surface area contributed by atoms with Gasteiger partial charge in [-0.2, -0.15) is 0 Å². The average molecular weight is 358 g/mol. The molecule has 0 bridgehead atoms. The van der Waals surface area contributed by atoms with Gasteiger partial charge in [0.05, 0.1) is 17.1 Å². The van der Waals surface area contributed by atoms with Gasteiger partial charge in [0.1, 0.15) is 0 Å². The van der Waals surface area contributed by atoms with Gasteiger partial charge in [0.15, 0.2) is 12.4 Å². The van der Waals surface area contributed by atoms with Crippen molar-refractivity contribution in [3.63, 3.8) is 0 Å². The van der Waals surface area contributed by atoms with Crippen LogP contribution in [0.15, 0.2) is 48.5 Å². The van der Waals surface area contributed by atoms with E-state index < -0.39 is 22.6 Å². The fourth-order valence-electron chi connectivity index (χ4n) is 2.59. The number of carbonyl (C=O) groups excluding carboxylic acids is 2. The molecule has 26 heavy (non-hydrogen) atoms. The topological polar surface area (TPSA) is 121 Å². The van der Waals surface area contributed by atoms with Crippen LogP contribution in [0.4, 0.5) is 5.69 Å². The van der Waals surface area contributed by atoms with Crippen LogP contribution in [-0.2, 0) is 11.3 Å². The summed E-state index contributed by atoms with van der Waals surface area (Å²) in [5.41, 5.74) is -0.186. The van der Waals surface area contributed by atoms with Crippen LogP contribution in [0.2, 0.25) is 0 Å². The number of nitrogens with zero attached hydrogens (tertiary/aromatic N) is 2. The van der Waals surface area contributed by atoms with Gasteiger partial charge in [0, 0.05) is 24.7 Å². The summed E-state index contributed by atoms with van der Waals surface area (Å²) in [6.45, 7) is -0.209. The summed E-state index contributed by atoms with van der Waals surface area (Å²) in [7, 11) is 0. The minimum absolute atomic E-state index is 0.0316. The van der Waals surface area contributed by atoms with Crippen LogP contribution >= 0.6 is 0 Å². The van der Waals surface area contributed by atoms with Crippen LogP contribution in [0, 0.1) is 10.1 Å². The van der Waals surface area contributed by atoms with Gasteiger partial charge in [-0.1, -0.05) is 42.5 Å². The minimum atomic E-state index is -1.76. The van der Waals surface area contributed by atoms with Crippen molar-refractivity contribution in [2.75, 3.05) is 13.2 Å². The summed E-state index contributed by atoms with van der Waals surface area (Å²) in [6.07, 6.45) is -1.51. The molecular formula is C18H18N2O6. The van der Waals surface area contributed by atoms with Crippen molar-refractivity contribution < 1.29 is 24.7 Å². The lowest BCUT2D eigenvalue weighted by molar-refractivity contribution is -0.385. The van der Waals surface area contributed by atoms with Crippen LogP contribution in [0.3, 0.4) is 0 Å². The normalized spacial score (nSPS) is 11.6. The zero-order valence-corrected chi connectivity index (χ0v) is 13.8. The van der Waals surface area contributed by atoms with E-state index in [4.69, 9.17) is 0 Å². The fraction of sp³-hybridized carbons (Fsp3) is 0.222. The van der Waals surface area contributed by atoms with Gasteiger partial charge in [-0.15, -0.1) is 0 Å². The van der Waals surface area contributed by atoms with E-state index in [-0.39, 0.29) is 37.1 Å². The molecule has 0 heterocycles. The van der Waals surface area contributed by atoms with Crippen LogP contribution < -0.4 is 0 Å². The van der Waals surface area contributed by atoms with E-state index >= 15 is 0 Å². The molecule has 8 heteroatoms. The van der Waals surface area contributed by atoms with Crippen molar-refractivity contribution in [3.05, 3.63) is 75.3 Å². The zero-order valence-electron chi connectivity index (χ0n) is 13.8. The lowest BCUT2D eigenvalue weighted by Gasteiger charge is -2.25. The number of benzene rings is 2. The number of nitro groups is 1. The molecule has 0 aromatic heterocycles. The van der Waals surface area contributed by atoms with E-state index in [0.29, 0.717) is 0 Å². The molecule has 0 aliphatic carbocycles. The second-order valence-corrected chi connectivity index (χ2v) is 5.53. The van der Waals surface area contributed by atoms with E-state index in [0.717, 1.165) is 11.6 Å². The molecule has 1 amide bonds. The minimum Gasteiger partial charge on any atom is -0.395 e. The molecule has 0 fully saturated rings. The van der Waals surface area contributed by atoms with E-state index in [2.05, 4.69) is 0 Å². The zero-order chi connectivity index (χ0) is 19.1. The maximum Gasteiger partial charge on any atom is 0.280 e. The number of aliphatic hydroxyl groups is 2. The highest BCUT2D eigenvalue weighted by Crippen LogP contribution is 2.27. The van der Waals surface area contributed by atoms with Crippen LogP contribution in [0.1, 0.15) is 27.6 Å². The highest BCUT2D eigenvalue weighted by atomic mass is 16.6. The first kappa shape index (κ1) is 19.2. The molecule has 1 atom stereocenters. The predicted octanol–water partition coefficient (Wildman–Crippen LogP) is 1.46. The molecule has 0 saturated carbocycles. The first-order valence-corrected chi connectivity index (χ1v) is 7.83. The van der Waals surface area contributed by atoms with Gasteiger partial charge in [-0.25, -0.2) is 0 Å². The number of aliphatic hydroxyl groups excluding tert-OH is 2. The van der Waals surface area contributed by atoms with Gasteiger partial charge in [0.25, 0.3) is 11.6 Å². The Bertz CT molecular complexity index is 794. The van der Waals surface area contributed by atoms with E-state index in [1.54, 1.807) is 24.3 Å². The Labute approximate surface area is 149 Å². The van der Waals surface area contributed by atoms with Crippen molar-refractivity contribution >= 4 is 17.9 Å². The van der Waals surface area contributed by atoms with Crippen LogP contribution in [0.5, 0.6) is 0 Å². The Balaban J connectivity index is 2.33. The summed E-state index contributed by atoms with van der Waals surface area (Å²) in [5, 5.41) is 30.7. The molecule has 2 rings (SSSR count). The van der Waals surface area contributed by atoms with Gasteiger partial charge in [-0.05, 0) is 5.56 Å². The predicted molar refractivity (Wildman–Crippen MR) is 92.4 cm³/mol. The molecule has 0 radical (unpaired) electrons. The first-order valence-electron chi connectivity index (χ1n) is 7.83. The third kappa shape index (κ3) is 4.29. The second kappa shape index (κ2) is 8.84. The van der Waals surface area contributed by atoms with Crippen molar-refractivity contribution in [1.29, 1.82) is 0 Å². The Kier molecular flexibility index (Phi) is 6.54. The van der Waals surface area contributed by atoms with Crippen molar-refractivity contribution in [3.8, 4) is 0 Å². The van der Waals surface area contributed by atoms with E-state index in [1.165, 1.54) is 17.0 Å². The molecule has 2 aromatic rings. The number of hydrogen-bond donors (Lipinski definition) is 2. The molecule has 2 N–H and O–H groups in total. The van der Waals surface area contributed by atoms with Gasteiger partial charge in [-0.3, -0.25) is 19.7 Å². The summed E-state index contributed by atoms with van der Waals surface area (Å²) in [4.78, 5) is 35.5. The van der Waals surface area contributed by atoms with E-state index in [1.807, 2.05) is 6.07 Å². The Morgan fingerprint density at radius 2 is 1.88 bits per heavy atom. The average Bonchev–Trinajstić information content (AvgIpc) is 2.66. The Morgan fingerprint density at radius 1 is 1.19 bits per heavy atom. The van der Waals surface area contributed by atoms with Gasteiger partial charge < -0.3 is 15.1 Å². The maximum atomic E-state index is 12.7. The molecule has 2 aromatic carbocycles. The standard InChI is InChI=1S/C18H18N2O6/c21-10-9-19(11-13-5-2-1-3-6-13)18(24)17(23)14-7-4-8-16(20(25)26)15(14)12-22/h1-8,12,17,21,23H,9-11H2. The SMILES string of the molecule is O=Cc1c(C(O)C(=O)N(CCO)Cc2ccccc2)cccc1[N+](=O)[O-]. The first-order chi connectivity index (χ1) is 12.5. The number of amides is 1. The molecule has 0 saturated heterocycles. The van der Waals surface area contributed by atoms with Crippen molar-refractivity contribution in [1.82, 2.24) is 4.90 Å². The smallest absolute Gasteiger partial charge is 0.280 e. The summed E-state index contributed by atoms with van der Waals surface area (Å²) in [5.74, 6) is -0.758. The third-order valence-corrected chi connectivity index (χ3v) is 3.86. The lowest BCUT2D eigenvalue weighted by Crippen LogP contribution is -2.37. The number of rotatable bonds is 8. The number of nitro benzene ring substituents is 1. The second-order valence-electron chi connectivity index (χ2n) is 5.53. The molecule has 136 valence electrons. The third-order valence-electron chi connectivity index (χ3n) is 3.86. The summed E-state index contributed by atoms with van der Waals surface area (Å²) >= 11 is 0. The Hall–Kier alpha value is -3.10. The van der Waals surface area contributed by atoms with Gasteiger partial charge >= 0.3 is 0 Å². The largest absolute Gasteiger partial charge is 0.395 e. The van der Waals surface area contributed by atoms with Crippen LogP contribution in [0.25, 0.3) is 0 Å². The number of aldehydes is 1. The lowest BCUT2D eigenvalue weighted by atomic mass is 10.00. The molecule has 8 nitrogen and oxygen atoms in total. The van der Waals surface area contributed by atoms with Crippen molar-refractivity contribution in [2.24, 2.45) is 0 Å². The highest BCUT2D eigenvalue weighted by Gasteiger charge is 2.29. The fourth-order valence-corrected chi connectivity index (χ4v) is 2.59. The van der Waals surface area contributed by atoms with Gasteiger partial charge in [0.2, 0.25) is 0 Å². The number of hydrogen-bond acceptors (Lipinski definition) is 6. The summed E-state index contributed by atoms with van der Waals surface area (Å²) in [6, 6.07) is 12.7. The molecular weight excluding hydrogens is 340 g/mol. The monoisotopic (exact) mass is 358 g/mol. The van der Waals surface area contributed by atoms with Crippen molar-refractivity contribution in [2.45, 2.75) is 12.6 Å². The molecule has 0 aliphatic rings.